The summed E-state index contributed by atoms with van der Waals surface area (Å²) in [6.45, 7) is 0. The van der Waals surface area contributed by atoms with Crippen molar-refractivity contribution in [3.05, 3.63) is 42.2 Å². The van der Waals surface area contributed by atoms with Gasteiger partial charge in [0.1, 0.15) is 0 Å². The summed E-state index contributed by atoms with van der Waals surface area (Å²) in [4.78, 5) is 0. The predicted octanol–water partition coefficient (Wildman–Crippen LogP) is 2.07. The monoisotopic (exact) mass is 280 g/mol. The molecule has 0 saturated heterocycles. The van der Waals surface area contributed by atoms with Gasteiger partial charge in [0.2, 0.25) is 5.82 Å². The van der Waals surface area contributed by atoms with E-state index in [1.807, 2.05) is 0 Å². The highest BCUT2D eigenvalue weighted by Gasteiger charge is 2.33. The van der Waals surface area contributed by atoms with E-state index in [9.17, 15) is 13.2 Å². The molecule has 9 heteroatoms. The first-order chi connectivity index (χ1) is 9.55. The van der Waals surface area contributed by atoms with E-state index >= 15 is 0 Å². The van der Waals surface area contributed by atoms with Crippen LogP contribution < -0.4 is 0 Å². The van der Waals surface area contributed by atoms with E-state index in [2.05, 4.69) is 25.7 Å². The van der Waals surface area contributed by atoms with Gasteiger partial charge in [0, 0.05) is 6.20 Å². The van der Waals surface area contributed by atoms with E-state index in [4.69, 9.17) is 0 Å². The van der Waals surface area contributed by atoms with Gasteiger partial charge in [-0.05, 0) is 17.3 Å². The van der Waals surface area contributed by atoms with Gasteiger partial charge in [0.25, 0.3) is 0 Å². The Balaban J connectivity index is 2.07. The molecule has 0 amide bonds. The highest BCUT2D eigenvalue weighted by atomic mass is 19.4. The number of nitrogens with zero attached hydrogens (tertiary/aromatic N) is 5. The Morgan fingerprint density at radius 2 is 1.95 bits per heavy atom. The van der Waals surface area contributed by atoms with E-state index in [1.54, 1.807) is 0 Å². The molecule has 20 heavy (non-hydrogen) atoms. The van der Waals surface area contributed by atoms with Gasteiger partial charge < -0.3 is 0 Å². The second-order valence-electron chi connectivity index (χ2n) is 3.92. The number of benzene rings is 1. The molecule has 0 saturated carbocycles. The van der Waals surface area contributed by atoms with E-state index in [0.717, 1.165) is 10.7 Å². The SMILES string of the molecule is FC(F)(F)c1ccccc1-n1cc(-c2nn[nH]n2)cn1. The molecule has 1 N–H and O–H groups in total. The van der Waals surface area contributed by atoms with Crippen molar-refractivity contribution in [1.29, 1.82) is 0 Å². The fourth-order valence-corrected chi connectivity index (χ4v) is 1.77. The Bertz CT molecular complexity index is 716. The van der Waals surface area contributed by atoms with Crippen molar-refractivity contribution in [3.63, 3.8) is 0 Å². The normalized spacial score (nSPS) is 11.8. The van der Waals surface area contributed by atoms with E-state index < -0.39 is 11.7 Å². The van der Waals surface area contributed by atoms with Gasteiger partial charge in [-0.2, -0.15) is 23.5 Å². The van der Waals surface area contributed by atoms with Crippen LogP contribution >= 0.6 is 0 Å². The van der Waals surface area contributed by atoms with Crippen molar-refractivity contribution in [2.45, 2.75) is 6.18 Å². The van der Waals surface area contributed by atoms with Crippen molar-refractivity contribution in [1.82, 2.24) is 30.4 Å². The minimum Gasteiger partial charge on any atom is -0.240 e. The number of tetrazole rings is 1. The third-order valence-electron chi connectivity index (χ3n) is 2.64. The summed E-state index contributed by atoms with van der Waals surface area (Å²) in [7, 11) is 0. The van der Waals surface area contributed by atoms with E-state index in [1.165, 1.54) is 30.6 Å². The van der Waals surface area contributed by atoms with Crippen LogP contribution in [0.25, 0.3) is 17.1 Å². The number of para-hydroxylation sites is 1. The third-order valence-corrected chi connectivity index (χ3v) is 2.64. The lowest BCUT2D eigenvalue weighted by atomic mass is 10.1. The van der Waals surface area contributed by atoms with Crippen LogP contribution in [0.2, 0.25) is 0 Å². The highest BCUT2D eigenvalue weighted by molar-refractivity contribution is 5.53. The smallest absolute Gasteiger partial charge is 0.240 e. The first-order valence-electron chi connectivity index (χ1n) is 5.51. The van der Waals surface area contributed by atoms with Crippen molar-refractivity contribution < 1.29 is 13.2 Å². The summed E-state index contributed by atoms with van der Waals surface area (Å²) >= 11 is 0. The maximum Gasteiger partial charge on any atom is 0.418 e. The summed E-state index contributed by atoms with van der Waals surface area (Å²) in [6, 6.07) is 5.19. The minimum absolute atomic E-state index is 0.0604. The fourth-order valence-electron chi connectivity index (χ4n) is 1.77. The number of nitrogens with one attached hydrogen (secondary N) is 1. The Morgan fingerprint density at radius 1 is 1.15 bits per heavy atom. The molecule has 0 aliphatic rings. The second-order valence-corrected chi connectivity index (χ2v) is 3.92. The van der Waals surface area contributed by atoms with Crippen LogP contribution in [0.15, 0.2) is 36.7 Å². The first kappa shape index (κ1) is 12.3. The van der Waals surface area contributed by atoms with Crippen LogP contribution in [-0.2, 0) is 6.18 Å². The van der Waals surface area contributed by atoms with Gasteiger partial charge in [-0.15, -0.1) is 10.2 Å². The summed E-state index contributed by atoms with van der Waals surface area (Å²) in [6.07, 6.45) is -1.66. The molecule has 3 aromatic rings. The number of hydrogen-bond acceptors (Lipinski definition) is 4. The Labute approximate surface area is 110 Å². The minimum atomic E-state index is -4.45. The van der Waals surface area contributed by atoms with Gasteiger partial charge >= 0.3 is 6.18 Å². The average molecular weight is 280 g/mol. The quantitative estimate of drug-likeness (QED) is 0.780. The van der Waals surface area contributed by atoms with Crippen molar-refractivity contribution in [2.75, 3.05) is 0 Å². The maximum atomic E-state index is 12.9. The summed E-state index contributed by atoms with van der Waals surface area (Å²) in [5.74, 6) is 0.265. The standard InChI is InChI=1S/C11H7F3N6/c12-11(13,14)8-3-1-2-4-9(8)20-6-7(5-15-20)10-16-18-19-17-10/h1-6H,(H,16,17,18,19). The molecule has 102 valence electrons. The maximum absolute atomic E-state index is 12.9. The molecule has 0 unspecified atom stereocenters. The first-order valence-corrected chi connectivity index (χ1v) is 5.51. The summed E-state index contributed by atoms with van der Waals surface area (Å²) in [5.41, 5.74) is -0.353. The van der Waals surface area contributed by atoms with Gasteiger partial charge in [-0.25, -0.2) is 4.68 Å². The molecule has 0 fully saturated rings. The average Bonchev–Trinajstić information content (AvgIpc) is 3.09. The van der Waals surface area contributed by atoms with Crippen LogP contribution in [-0.4, -0.2) is 30.4 Å². The van der Waals surface area contributed by atoms with Crippen molar-refractivity contribution >= 4 is 0 Å². The van der Waals surface area contributed by atoms with Gasteiger partial charge in [0.05, 0.1) is 23.0 Å². The van der Waals surface area contributed by atoms with Crippen LogP contribution in [0.4, 0.5) is 13.2 Å². The van der Waals surface area contributed by atoms with E-state index in [-0.39, 0.29) is 11.5 Å². The second kappa shape index (κ2) is 4.44. The number of aromatic amines is 1. The molecule has 2 heterocycles. The lowest BCUT2D eigenvalue weighted by Gasteiger charge is -2.12. The topological polar surface area (TPSA) is 72.3 Å². The third kappa shape index (κ3) is 2.13. The van der Waals surface area contributed by atoms with Crippen LogP contribution in [0.5, 0.6) is 0 Å². The van der Waals surface area contributed by atoms with Gasteiger partial charge in [0.15, 0.2) is 0 Å². The number of alkyl halides is 3. The van der Waals surface area contributed by atoms with Crippen LogP contribution in [0, 0.1) is 0 Å². The highest BCUT2D eigenvalue weighted by Crippen LogP contribution is 2.33. The molecule has 0 spiro atoms. The molecule has 0 aliphatic heterocycles. The number of aromatic nitrogens is 6. The zero-order valence-corrected chi connectivity index (χ0v) is 9.83. The Morgan fingerprint density at radius 3 is 2.65 bits per heavy atom. The van der Waals surface area contributed by atoms with Crippen LogP contribution in [0.3, 0.4) is 0 Å². The molecule has 3 rings (SSSR count). The van der Waals surface area contributed by atoms with E-state index in [0.29, 0.717) is 5.56 Å². The summed E-state index contributed by atoms with van der Waals surface area (Å²) in [5, 5.41) is 17.0. The summed E-state index contributed by atoms with van der Waals surface area (Å²) < 4.78 is 39.9. The molecule has 2 aromatic heterocycles. The number of hydrogen-bond donors (Lipinski definition) is 1. The molecule has 0 atom stereocenters. The lowest BCUT2D eigenvalue weighted by molar-refractivity contribution is -0.137. The zero-order valence-electron chi connectivity index (χ0n) is 9.83. The van der Waals surface area contributed by atoms with Crippen molar-refractivity contribution in [2.24, 2.45) is 0 Å². The number of H-pyrrole nitrogens is 1. The molecular formula is C11H7F3N6. The van der Waals surface area contributed by atoms with Crippen molar-refractivity contribution in [3.8, 4) is 17.1 Å². The lowest BCUT2D eigenvalue weighted by Crippen LogP contribution is -2.10. The Kier molecular flexibility index (Phi) is 2.74. The molecule has 1 aromatic carbocycles. The van der Waals surface area contributed by atoms with Gasteiger partial charge in [-0.3, -0.25) is 0 Å². The molecule has 0 bridgehead atoms. The largest absolute Gasteiger partial charge is 0.418 e. The van der Waals surface area contributed by atoms with Crippen LogP contribution in [0.1, 0.15) is 5.56 Å². The van der Waals surface area contributed by atoms with Gasteiger partial charge in [-0.1, -0.05) is 12.1 Å². The molecule has 0 aliphatic carbocycles. The Hall–Kier alpha value is -2.71. The molecule has 6 nitrogen and oxygen atoms in total. The fraction of sp³-hybridized carbons (Fsp3) is 0.0909. The number of halogens is 3. The predicted molar refractivity (Wildman–Crippen MR) is 61.7 cm³/mol. The molecule has 0 radical (unpaired) electrons. The molecular weight excluding hydrogens is 273 g/mol. The zero-order chi connectivity index (χ0) is 14.2. The number of rotatable bonds is 2.